The summed E-state index contributed by atoms with van der Waals surface area (Å²) < 4.78 is 72.6. The minimum atomic E-state index is -1.82. The van der Waals surface area contributed by atoms with E-state index in [2.05, 4.69) is 73.2 Å². The Labute approximate surface area is 559 Å². The lowest BCUT2D eigenvalue weighted by Gasteiger charge is -2.29. The molecule has 0 radical (unpaired) electrons. The number of hydrogen-bond acceptors (Lipinski definition) is 26. The quantitative estimate of drug-likeness (QED) is 0.0281. The highest BCUT2D eigenvalue weighted by Crippen LogP contribution is 2.27. The zero-order valence-corrected chi connectivity index (χ0v) is 58.2. The van der Waals surface area contributed by atoms with Gasteiger partial charge in [-0.25, -0.2) is 14.4 Å². The second-order valence-corrected chi connectivity index (χ2v) is 24.0. The molecule has 1 aliphatic rings. The van der Waals surface area contributed by atoms with Gasteiger partial charge < -0.3 is 71.8 Å². The summed E-state index contributed by atoms with van der Waals surface area (Å²) in [5.41, 5.74) is -5.59. The van der Waals surface area contributed by atoms with Gasteiger partial charge in [0, 0.05) is 37.6 Å². The third-order valence-corrected chi connectivity index (χ3v) is 14.2. The smallest absolute Gasteiger partial charge is 0.465 e. The first-order valence-corrected chi connectivity index (χ1v) is 32.2. The summed E-state index contributed by atoms with van der Waals surface area (Å²) >= 11 is 12.5. The molecule has 30 heteroatoms. The van der Waals surface area contributed by atoms with E-state index in [1.807, 2.05) is 37.3 Å². The number of ketones is 1. The first-order chi connectivity index (χ1) is 42.9. The van der Waals surface area contributed by atoms with Gasteiger partial charge >= 0.3 is 60.3 Å². The van der Waals surface area contributed by atoms with Gasteiger partial charge in [0.05, 0.1) is 38.3 Å². The van der Waals surface area contributed by atoms with Crippen LogP contribution < -0.4 is 0 Å². The van der Waals surface area contributed by atoms with Gasteiger partial charge in [0.15, 0.2) is 0 Å². The molecule has 1 saturated heterocycles. The molecule has 508 valence electrons. The van der Waals surface area contributed by atoms with Crippen LogP contribution in [0.4, 0.5) is 14.4 Å². The number of halogens is 4. The highest BCUT2D eigenvalue weighted by molar-refractivity contribution is 9.09. The third kappa shape index (κ3) is 35.0. The number of benzene rings is 2. The van der Waals surface area contributed by atoms with Crippen molar-refractivity contribution in [3.8, 4) is 0 Å². The van der Waals surface area contributed by atoms with E-state index >= 15 is 0 Å². The number of aliphatic hydroxyl groups excluding tert-OH is 2. The highest BCUT2D eigenvalue weighted by atomic mass is 79.9. The van der Waals surface area contributed by atoms with E-state index in [9.17, 15) is 52.7 Å². The van der Waals surface area contributed by atoms with Crippen LogP contribution in [0.2, 0.25) is 0 Å². The van der Waals surface area contributed by atoms with Crippen LogP contribution in [0.1, 0.15) is 100.0 Å². The van der Waals surface area contributed by atoms with Crippen molar-refractivity contribution in [3.05, 3.63) is 71.8 Å². The van der Waals surface area contributed by atoms with Crippen LogP contribution in [0.5, 0.6) is 0 Å². The van der Waals surface area contributed by atoms with E-state index < -0.39 is 145 Å². The highest BCUT2D eigenvalue weighted by Gasteiger charge is 2.44. The molecular formula is C60H84Br4O26. The van der Waals surface area contributed by atoms with Crippen LogP contribution in [0, 0.1) is 27.1 Å². The maximum absolute atomic E-state index is 13.3. The maximum atomic E-state index is 13.3. The normalized spacial score (nSPS) is 14.5. The molecule has 3 rings (SSSR count). The molecule has 3 atom stereocenters. The molecule has 3 unspecified atom stereocenters. The van der Waals surface area contributed by atoms with Crippen LogP contribution in [0.15, 0.2) is 60.7 Å². The predicted octanol–water partition coefficient (Wildman–Crippen LogP) is 8.80. The molecule has 2 aromatic rings. The Hall–Kier alpha value is -5.95. The monoisotopic (exact) mass is 1540 g/mol. The van der Waals surface area contributed by atoms with Crippen LogP contribution >= 0.6 is 63.7 Å². The van der Waals surface area contributed by atoms with E-state index in [1.165, 1.54) is 27.7 Å². The molecule has 90 heavy (non-hydrogen) atoms. The Morgan fingerprint density at radius 2 is 0.833 bits per heavy atom. The fraction of sp³-hybridized carbons (Fsp3) is 0.617. The van der Waals surface area contributed by atoms with E-state index in [4.69, 9.17) is 63.7 Å². The number of alkyl halides is 4. The van der Waals surface area contributed by atoms with Crippen molar-refractivity contribution < 1.29 is 126 Å². The summed E-state index contributed by atoms with van der Waals surface area (Å²) in [5.74, 6) is -4.89. The first-order valence-electron chi connectivity index (χ1n) is 28.5. The average molecular weight is 1540 g/mol. The first kappa shape index (κ1) is 82.1. The van der Waals surface area contributed by atoms with E-state index in [0.29, 0.717) is 42.1 Å². The number of cyclic esters (lactones) is 2. The molecule has 1 fully saturated rings. The summed E-state index contributed by atoms with van der Waals surface area (Å²) in [6, 6.07) is 17.9. The molecule has 1 heterocycles. The molecule has 1 aliphatic heterocycles. The molecular weight excluding hydrogens is 1460 g/mol. The van der Waals surface area contributed by atoms with Crippen molar-refractivity contribution in [2.75, 3.05) is 107 Å². The molecule has 2 N–H and O–H groups in total. The van der Waals surface area contributed by atoms with Crippen molar-refractivity contribution in [3.63, 3.8) is 0 Å². The van der Waals surface area contributed by atoms with Crippen LogP contribution in [-0.4, -0.2) is 183 Å². The standard InChI is InChI=1S/C34H46Br2O16.C12H16O4.C9H13BrO5.C5H9BrO/c1-24(37)47-18-32(3,27(39)44-15-9-13-35)20-49-30(42)51-22-34(5,29(41)46-17-26-11-7-6-8-12-26)23-52-31(43)50-21-33(4,19-48-25(2)38)28(40)45-16-10-14-36;1-12(8-13,9-14)11(15)16-7-10-5-3-2-4-6-10;1-9(5-14-8(12)15-6-9)7(11)13-4-2-3-10;1-2-3-5(7)4-6/h6-8,11-12H,9-10,13-23H2,1-5H3;2-6,13-14H,7-9H2,1H3;2-6H2,1H3;2-4H2,1H3/i;;;4T. The maximum Gasteiger partial charge on any atom is 0.508 e. The number of ether oxygens (including phenoxy) is 13. The van der Waals surface area contributed by atoms with Crippen LogP contribution in [0.25, 0.3) is 0 Å². The van der Waals surface area contributed by atoms with E-state index in [0.717, 1.165) is 37.6 Å². The lowest BCUT2D eigenvalue weighted by molar-refractivity contribution is -0.167. The van der Waals surface area contributed by atoms with Crippen molar-refractivity contribution in [2.24, 2.45) is 27.1 Å². The Bertz CT molecular complexity index is 2480. The molecule has 0 aliphatic carbocycles. The summed E-state index contributed by atoms with van der Waals surface area (Å²) in [6.07, 6.45) is -0.254. The SMILES string of the molecule is CC(=O)OCC(C)(COC(=O)OCC(C)(COC(=O)OCC(C)(COC(C)=O)C(=O)OCCCBr)C(=O)OCc1ccccc1)C(=O)OCCCBr.CC(CO)(CO)C(=O)OCc1ccccc1.CC1(C(=O)OCCCBr)COC(=O)OC1.[3H]C(Br)C(=O)CCC. The molecule has 0 aromatic heterocycles. The van der Waals surface area contributed by atoms with Gasteiger partial charge in [-0.2, -0.15) is 0 Å². The van der Waals surface area contributed by atoms with Gasteiger partial charge in [0.25, 0.3) is 0 Å². The van der Waals surface area contributed by atoms with E-state index in [1.54, 1.807) is 37.3 Å². The van der Waals surface area contributed by atoms with Gasteiger partial charge in [-0.05, 0) is 71.4 Å². The fourth-order valence-corrected chi connectivity index (χ4v) is 6.97. The van der Waals surface area contributed by atoms with Gasteiger partial charge in [-0.3, -0.25) is 38.4 Å². The third-order valence-electron chi connectivity index (χ3n) is 12.0. The average Bonchev–Trinajstić information content (AvgIpc) is 2.67. The summed E-state index contributed by atoms with van der Waals surface area (Å²) in [4.78, 5) is 131. The van der Waals surface area contributed by atoms with Crippen molar-refractivity contribution >= 4 is 130 Å². The molecule has 0 amide bonds. The Balaban J connectivity index is 0.00000165. The largest absolute Gasteiger partial charge is 0.508 e. The Kier molecular flexibility index (Phi) is 42.1. The minimum absolute atomic E-state index is 0.0129. The molecule has 26 nitrogen and oxygen atoms in total. The van der Waals surface area contributed by atoms with E-state index in [-0.39, 0.29) is 45.4 Å². The molecule has 0 saturated carbocycles. The van der Waals surface area contributed by atoms with Gasteiger partial charge in [-0.15, -0.1) is 0 Å². The zero-order valence-electron chi connectivity index (χ0n) is 52.8. The topological polar surface area (TPSA) is 348 Å². The lowest BCUT2D eigenvalue weighted by Crippen LogP contribution is -2.44. The number of carbonyl (C=O) groups is 11. The molecule has 2 aromatic carbocycles. The number of rotatable bonds is 35. The number of esters is 7. The zero-order chi connectivity index (χ0) is 69.1. The molecule has 0 bridgehead atoms. The summed E-state index contributed by atoms with van der Waals surface area (Å²) in [5, 5.41) is 19.2. The number of carbonyl (C=O) groups excluding carboxylic acids is 11. The summed E-state index contributed by atoms with van der Waals surface area (Å²) in [7, 11) is 0. The number of Topliss-reactive ketones (excluding diaryl/α,β-unsaturated/α-hetero) is 1. The van der Waals surface area contributed by atoms with Gasteiger partial charge in [-0.1, -0.05) is 131 Å². The second kappa shape index (κ2) is 46.2. The van der Waals surface area contributed by atoms with Crippen LogP contribution in [-0.2, 0) is 113 Å². The second-order valence-electron chi connectivity index (χ2n) is 21.1. The van der Waals surface area contributed by atoms with Crippen LogP contribution in [0.3, 0.4) is 0 Å². The fourth-order valence-electron chi connectivity index (χ4n) is 6.05. The van der Waals surface area contributed by atoms with Gasteiger partial charge in [0.2, 0.25) is 0 Å². The number of hydrogen-bond donors (Lipinski definition) is 2. The predicted molar refractivity (Wildman–Crippen MR) is 334 cm³/mol. The number of aliphatic hydroxyl groups is 2. The van der Waals surface area contributed by atoms with Gasteiger partial charge in [0.1, 0.15) is 98.9 Å². The minimum Gasteiger partial charge on any atom is -0.465 e. The summed E-state index contributed by atoms with van der Waals surface area (Å²) in [6.45, 7) is 7.34. The Morgan fingerprint density at radius 3 is 1.13 bits per heavy atom. The van der Waals surface area contributed by atoms with Crippen molar-refractivity contribution in [1.82, 2.24) is 0 Å². The Morgan fingerprint density at radius 1 is 0.511 bits per heavy atom. The molecule has 0 spiro atoms. The van der Waals surface area contributed by atoms with Crippen molar-refractivity contribution in [2.45, 2.75) is 101 Å². The van der Waals surface area contributed by atoms with Crippen molar-refractivity contribution in [1.29, 1.82) is 0 Å². The lowest BCUT2D eigenvalue weighted by atomic mass is 9.93.